The number of carbonyl (C=O) groups is 1. The van der Waals surface area contributed by atoms with Gasteiger partial charge >= 0.3 is 6.18 Å². The third-order valence-corrected chi connectivity index (χ3v) is 2.68. The highest BCUT2D eigenvalue weighted by Gasteiger charge is 2.39. The van der Waals surface area contributed by atoms with Gasteiger partial charge in [-0.1, -0.05) is 18.2 Å². The van der Waals surface area contributed by atoms with Gasteiger partial charge in [-0.3, -0.25) is 9.48 Å². The van der Waals surface area contributed by atoms with E-state index >= 15 is 0 Å². The average Bonchev–Trinajstić information content (AvgIpc) is 2.86. The van der Waals surface area contributed by atoms with Gasteiger partial charge < -0.3 is 4.74 Å². The number of hydrogen-bond donors (Lipinski definition) is 0. The lowest BCUT2D eigenvalue weighted by Crippen LogP contribution is -2.22. The lowest BCUT2D eigenvalue weighted by Gasteiger charge is -2.07. The van der Waals surface area contributed by atoms with Crippen molar-refractivity contribution in [3.63, 3.8) is 0 Å². The van der Waals surface area contributed by atoms with Crippen LogP contribution in [0.15, 0.2) is 36.7 Å². The molecule has 1 aromatic heterocycles. The molecule has 4 nitrogen and oxygen atoms in total. The Bertz CT molecular complexity index is 620. The van der Waals surface area contributed by atoms with E-state index in [0.29, 0.717) is 5.75 Å². The van der Waals surface area contributed by atoms with Gasteiger partial charge in [0.05, 0.1) is 25.4 Å². The average molecular weight is 284 g/mol. The third-order valence-electron chi connectivity index (χ3n) is 2.68. The summed E-state index contributed by atoms with van der Waals surface area (Å²) in [4.78, 5) is 11.1. The zero-order chi connectivity index (χ0) is 14.8. The Morgan fingerprint density at radius 2 is 2.05 bits per heavy atom. The number of hydrogen-bond acceptors (Lipinski definition) is 3. The zero-order valence-electron chi connectivity index (χ0n) is 10.5. The second kappa shape index (κ2) is 5.36. The Morgan fingerprint density at radius 1 is 1.35 bits per heavy atom. The number of halogens is 3. The molecule has 2 aromatic rings. The molecule has 0 radical (unpaired) electrons. The summed E-state index contributed by atoms with van der Waals surface area (Å²) in [7, 11) is 1.50. The summed E-state index contributed by atoms with van der Waals surface area (Å²) < 4.78 is 43.2. The number of aromatic nitrogens is 2. The van der Waals surface area contributed by atoms with Crippen molar-refractivity contribution in [1.29, 1.82) is 0 Å². The fraction of sp³-hybridized carbons (Fsp3) is 0.231. The summed E-state index contributed by atoms with van der Waals surface area (Å²) >= 11 is 0. The third kappa shape index (κ3) is 2.98. The molecule has 0 fully saturated rings. The van der Waals surface area contributed by atoms with Crippen molar-refractivity contribution in [2.24, 2.45) is 0 Å². The molecule has 0 aliphatic heterocycles. The summed E-state index contributed by atoms with van der Waals surface area (Å²) in [6.45, 7) is 0.217. The van der Waals surface area contributed by atoms with Gasteiger partial charge in [-0.05, 0) is 6.07 Å². The Kier molecular flexibility index (Phi) is 3.78. The van der Waals surface area contributed by atoms with Crippen molar-refractivity contribution >= 4 is 5.78 Å². The first-order valence-electron chi connectivity index (χ1n) is 5.67. The van der Waals surface area contributed by atoms with Crippen molar-refractivity contribution in [2.75, 3.05) is 7.11 Å². The first-order chi connectivity index (χ1) is 9.41. The zero-order valence-corrected chi connectivity index (χ0v) is 10.5. The van der Waals surface area contributed by atoms with Gasteiger partial charge in [-0.25, -0.2) is 0 Å². The Labute approximate surface area is 112 Å². The molecule has 0 N–H and O–H groups in total. The number of ether oxygens (including phenoxy) is 1. The van der Waals surface area contributed by atoms with E-state index in [2.05, 4.69) is 5.10 Å². The normalized spacial score (nSPS) is 11.4. The largest absolute Gasteiger partial charge is 0.496 e. The molecular formula is C13H11F3N2O2. The Balaban J connectivity index is 2.20. The number of carbonyl (C=O) groups excluding carboxylic acids is 1. The molecule has 1 aromatic carbocycles. The van der Waals surface area contributed by atoms with E-state index in [9.17, 15) is 18.0 Å². The number of ketones is 1. The van der Waals surface area contributed by atoms with E-state index in [4.69, 9.17) is 4.74 Å². The Morgan fingerprint density at radius 3 is 2.70 bits per heavy atom. The molecule has 0 amide bonds. The van der Waals surface area contributed by atoms with Crippen molar-refractivity contribution in [2.45, 2.75) is 12.7 Å². The molecule has 0 saturated carbocycles. The quantitative estimate of drug-likeness (QED) is 0.811. The molecule has 20 heavy (non-hydrogen) atoms. The molecule has 0 spiro atoms. The molecule has 7 heteroatoms. The molecule has 0 aliphatic rings. The van der Waals surface area contributed by atoms with Gasteiger partial charge in [0, 0.05) is 11.8 Å². The van der Waals surface area contributed by atoms with Gasteiger partial charge in [0.2, 0.25) is 0 Å². The van der Waals surface area contributed by atoms with Crippen molar-refractivity contribution in [3.8, 4) is 5.75 Å². The van der Waals surface area contributed by atoms with Crippen LogP contribution in [0.1, 0.15) is 15.9 Å². The van der Waals surface area contributed by atoms with Crippen LogP contribution in [0.2, 0.25) is 0 Å². The van der Waals surface area contributed by atoms with E-state index in [-0.39, 0.29) is 6.54 Å². The SMILES string of the molecule is COc1ccccc1Cn1cc(C(=O)C(F)(F)F)cn1. The smallest absolute Gasteiger partial charge is 0.454 e. The van der Waals surface area contributed by atoms with Crippen LogP contribution in [0.4, 0.5) is 13.2 Å². The first-order valence-corrected chi connectivity index (χ1v) is 5.67. The number of methoxy groups -OCH3 is 1. The lowest BCUT2D eigenvalue weighted by atomic mass is 10.2. The minimum atomic E-state index is -4.89. The molecule has 2 rings (SSSR count). The first kappa shape index (κ1) is 14.1. The maximum absolute atomic E-state index is 12.3. The molecule has 0 bridgehead atoms. The van der Waals surface area contributed by atoms with Crippen LogP contribution in [0.5, 0.6) is 5.75 Å². The highest BCUT2D eigenvalue weighted by molar-refractivity contribution is 5.99. The van der Waals surface area contributed by atoms with E-state index < -0.39 is 17.5 Å². The predicted molar refractivity (Wildman–Crippen MR) is 64.7 cm³/mol. The Hall–Kier alpha value is -2.31. The van der Waals surface area contributed by atoms with Gasteiger partial charge in [0.1, 0.15) is 5.75 Å². The maximum Gasteiger partial charge on any atom is 0.454 e. The van der Waals surface area contributed by atoms with Gasteiger partial charge in [0.15, 0.2) is 0 Å². The van der Waals surface area contributed by atoms with Crippen molar-refractivity contribution in [3.05, 3.63) is 47.8 Å². The van der Waals surface area contributed by atoms with Gasteiger partial charge in [-0.2, -0.15) is 18.3 Å². The van der Waals surface area contributed by atoms with Crippen LogP contribution in [-0.4, -0.2) is 28.8 Å². The topological polar surface area (TPSA) is 44.1 Å². The molecule has 0 saturated heterocycles. The summed E-state index contributed by atoms with van der Waals surface area (Å²) in [6.07, 6.45) is -2.91. The van der Waals surface area contributed by atoms with E-state index in [1.54, 1.807) is 24.3 Å². The summed E-state index contributed by atoms with van der Waals surface area (Å²) in [6, 6.07) is 7.07. The molecule has 0 unspecified atom stereocenters. The minimum Gasteiger partial charge on any atom is -0.496 e. The van der Waals surface area contributed by atoms with Crippen molar-refractivity contribution in [1.82, 2.24) is 9.78 Å². The minimum absolute atomic E-state index is 0.217. The highest BCUT2D eigenvalue weighted by atomic mass is 19.4. The van der Waals surface area contributed by atoms with E-state index in [0.717, 1.165) is 18.0 Å². The number of alkyl halides is 3. The van der Waals surface area contributed by atoms with Crippen LogP contribution in [0.3, 0.4) is 0 Å². The lowest BCUT2D eigenvalue weighted by molar-refractivity contribution is -0.0885. The molecule has 106 valence electrons. The second-order valence-electron chi connectivity index (χ2n) is 4.07. The summed E-state index contributed by atoms with van der Waals surface area (Å²) in [5.74, 6) is -1.30. The van der Waals surface area contributed by atoms with E-state index in [1.165, 1.54) is 11.8 Å². The van der Waals surface area contributed by atoms with Crippen LogP contribution >= 0.6 is 0 Å². The van der Waals surface area contributed by atoms with Gasteiger partial charge in [-0.15, -0.1) is 0 Å². The monoisotopic (exact) mass is 284 g/mol. The predicted octanol–water partition coefficient (Wildman–Crippen LogP) is 2.69. The number of benzene rings is 1. The fourth-order valence-electron chi connectivity index (χ4n) is 1.74. The van der Waals surface area contributed by atoms with E-state index in [1.807, 2.05) is 0 Å². The molecule has 0 aliphatic carbocycles. The van der Waals surface area contributed by atoms with Crippen LogP contribution in [0, 0.1) is 0 Å². The number of para-hydroxylation sites is 1. The highest BCUT2D eigenvalue weighted by Crippen LogP contribution is 2.22. The summed E-state index contributed by atoms with van der Waals surface area (Å²) in [5, 5.41) is 3.76. The van der Waals surface area contributed by atoms with Gasteiger partial charge in [0.25, 0.3) is 5.78 Å². The fourth-order valence-corrected chi connectivity index (χ4v) is 1.74. The van der Waals surface area contributed by atoms with Crippen LogP contribution in [0.25, 0.3) is 0 Å². The van der Waals surface area contributed by atoms with Crippen LogP contribution in [-0.2, 0) is 6.54 Å². The number of nitrogens with zero attached hydrogens (tertiary/aromatic N) is 2. The standard InChI is InChI=1S/C13H11F3N2O2/c1-20-11-5-3-2-4-9(11)7-18-8-10(6-17-18)12(19)13(14,15)16/h2-6,8H,7H2,1H3. The van der Waals surface area contributed by atoms with Crippen molar-refractivity contribution < 1.29 is 22.7 Å². The maximum atomic E-state index is 12.3. The molecular weight excluding hydrogens is 273 g/mol. The second-order valence-corrected chi connectivity index (χ2v) is 4.07. The number of Topliss-reactive ketones (excluding diaryl/α,β-unsaturated/α-hetero) is 1. The molecule has 0 atom stereocenters. The molecule has 1 heterocycles. The number of rotatable bonds is 4. The summed E-state index contributed by atoms with van der Waals surface area (Å²) in [5.41, 5.74) is 0.275. The van der Waals surface area contributed by atoms with Crippen LogP contribution < -0.4 is 4.74 Å².